The number of carbonyl (C=O) groups is 1. The molecule has 0 saturated carbocycles. The van der Waals surface area contributed by atoms with E-state index in [2.05, 4.69) is 31.9 Å². The van der Waals surface area contributed by atoms with Gasteiger partial charge in [0.1, 0.15) is 5.75 Å². The van der Waals surface area contributed by atoms with Crippen molar-refractivity contribution in [2.45, 2.75) is 6.42 Å². The molecule has 0 unspecified atom stereocenters. The fourth-order valence-electron chi connectivity index (χ4n) is 1.83. The van der Waals surface area contributed by atoms with Gasteiger partial charge in [-0.1, -0.05) is 50.1 Å². The zero-order valence-electron chi connectivity index (χ0n) is 10.3. The molecule has 0 fully saturated rings. The highest BCUT2D eigenvalue weighted by molar-refractivity contribution is 9.11. The number of hydrogen-bond donors (Lipinski definition) is 0. The van der Waals surface area contributed by atoms with Crippen LogP contribution in [-0.2, 0) is 6.42 Å². The Labute approximate surface area is 129 Å². The summed E-state index contributed by atoms with van der Waals surface area (Å²) in [5.41, 5.74) is 1.57. The highest BCUT2D eigenvalue weighted by atomic mass is 79.9. The van der Waals surface area contributed by atoms with E-state index >= 15 is 0 Å². The van der Waals surface area contributed by atoms with Crippen molar-refractivity contribution in [3.8, 4) is 5.75 Å². The molecular formula is C15H12Br2O2. The molecule has 0 saturated heterocycles. The van der Waals surface area contributed by atoms with E-state index in [1.54, 1.807) is 7.11 Å². The summed E-state index contributed by atoms with van der Waals surface area (Å²) in [7, 11) is 1.61. The predicted molar refractivity (Wildman–Crippen MR) is 82.9 cm³/mol. The lowest BCUT2D eigenvalue weighted by Crippen LogP contribution is -2.05. The standard InChI is InChI=1S/C15H12Br2O2/c1-19-15-5-3-2-4-10(15)8-14(18)12-7-6-11(16)9-13(12)17/h2-7,9H,8H2,1H3. The van der Waals surface area contributed by atoms with Crippen molar-refractivity contribution in [3.05, 3.63) is 62.5 Å². The zero-order chi connectivity index (χ0) is 13.8. The van der Waals surface area contributed by atoms with Gasteiger partial charge in [0.05, 0.1) is 7.11 Å². The Balaban J connectivity index is 2.26. The van der Waals surface area contributed by atoms with Gasteiger partial charge < -0.3 is 4.74 Å². The average molecular weight is 384 g/mol. The topological polar surface area (TPSA) is 26.3 Å². The monoisotopic (exact) mass is 382 g/mol. The molecule has 0 aliphatic rings. The normalized spacial score (nSPS) is 10.3. The minimum absolute atomic E-state index is 0.0591. The van der Waals surface area contributed by atoms with Crippen molar-refractivity contribution in [3.63, 3.8) is 0 Å². The largest absolute Gasteiger partial charge is 0.496 e. The maximum absolute atomic E-state index is 12.3. The second-order valence-corrected chi connectivity index (χ2v) is 5.81. The Morgan fingerprint density at radius 1 is 1.16 bits per heavy atom. The minimum atomic E-state index is 0.0591. The van der Waals surface area contributed by atoms with E-state index in [1.807, 2.05) is 42.5 Å². The van der Waals surface area contributed by atoms with Crippen molar-refractivity contribution in [1.82, 2.24) is 0 Å². The number of halogens is 2. The highest BCUT2D eigenvalue weighted by Crippen LogP contribution is 2.25. The van der Waals surface area contributed by atoms with Crippen LogP contribution in [0.1, 0.15) is 15.9 Å². The molecule has 2 rings (SSSR count). The van der Waals surface area contributed by atoms with Gasteiger partial charge in [-0.05, 0) is 24.3 Å². The summed E-state index contributed by atoms with van der Waals surface area (Å²) >= 11 is 6.79. The van der Waals surface area contributed by atoms with Crippen molar-refractivity contribution in [1.29, 1.82) is 0 Å². The van der Waals surface area contributed by atoms with E-state index in [0.29, 0.717) is 12.0 Å². The number of hydrogen-bond acceptors (Lipinski definition) is 2. The van der Waals surface area contributed by atoms with Crippen molar-refractivity contribution in [2.24, 2.45) is 0 Å². The van der Waals surface area contributed by atoms with Crippen LogP contribution in [0, 0.1) is 0 Å². The third-order valence-electron chi connectivity index (χ3n) is 2.78. The maximum atomic E-state index is 12.3. The van der Waals surface area contributed by atoms with Crippen LogP contribution in [0.3, 0.4) is 0 Å². The summed E-state index contributed by atoms with van der Waals surface area (Å²) in [5.74, 6) is 0.799. The maximum Gasteiger partial charge on any atom is 0.168 e. The van der Waals surface area contributed by atoms with Gasteiger partial charge in [0.15, 0.2) is 5.78 Å². The fraction of sp³-hybridized carbons (Fsp3) is 0.133. The van der Waals surface area contributed by atoms with Crippen LogP contribution in [-0.4, -0.2) is 12.9 Å². The lowest BCUT2D eigenvalue weighted by molar-refractivity contribution is 0.0991. The fourth-order valence-corrected chi connectivity index (χ4v) is 3.10. The quantitative estimate of drug-likeness (QED) is 0.718. The van der Waals surface area contributed by atoms with Gasteiger partial charge in [-0.2, -0.15) is 0 Å². The lowest BCUT2D eigenvalue weighted by atomic mass is 10.0. The van der Waals surface area contributed by atoms with E-state index in [-0.39, 0.29) is 5.78 Å². The molecule has 0 atom stereocenters. The number of methoxy groups -OCH3 is 1. The van der Waals surface area contributed by atoms with Crippen LogP contribution < -0.4 is 4.74 Å². The van der Waals surface area contributed by atoms with Crippen LogP contribution in [0.5, 0.6) is 5.75 Å². The first kappa shape index (κ1) is 14.3. The zero-order valence-corrected chi connectivity index (χ0v) is 13.5. The third-order valence-corrected chi connectivity index (χ3v) is 3.92. The number of carbonyl (C=O) groups excluding carboxylic acids is 1. The summed E-state index contributed by atoms with van der Waals surface area (Å²) in [5, 5.41) is 0. The van der Waals surface area contributed by atoms with E-state index in [4.69, 9.17) is 4.74 Å². The molecule has 0 heterocycles. The first-order valence-electron chi connectivity index (χ1n) is 5.72. The molecule has 2 aromatic rings. The molecule has 0 aliphatic heterocycles. The van der Waals surface area contributed by atoms with Gasteiger partial charge in [-0.3, -0.25) is 4.79 Å². The first-order chi connectivity index (χ1) is 9.11. The van der Waals surface area contributed by atoms with E-state index in [0.717, 1.165) is 20.3 Å². The summed E-state index contributed by atoms with van der Waals surface area (Å²) in [4.78, 5) is 12.3. The van der Waals surface area contributed by atoms with E-state index in [1.165, 1.54) is 0 Å². The van der Waals surface area contributed by atoms with Gasteiger partial charge in [0.2, 0.25) is 0 Å². The molecule has 2 aromatic carbocycles. The van der Waals surface area contributed by atoms with Crippen LogP contribution >= 0.6 is 31.9 Å². The molecule has 98 valence electrons. The van der Waals surface area contributed by atoms with Crippen LogP contribution in [0.25, 0.3) is 0 Å². The van der Waals surface area contributed by atoms with Crippen molar-refractivity contribution < 1.29 is 9.53 Å². The molecule has 0 radical (unpaired) electrons. The van der Waals surface area contributed by atoms with Gasteiger partial charge in [-0.15, -0.1) is 0 Å². The van der Waals surface area contributed by atoms with Crippen LogP contribution in [0.15, 0.2) is 51.4 Å². The number of rotatable bonds is 4. The first-order valence-corrected chi connectivity index (χ1v) is 7.30. The Hall–Kier alpha value is -1.13. The Morgan fingerprint density at radius 3 is 2.58 bits per heavy atom. The molecular weight excluding hydrogens is 372 g/mol. The highest BCUT2D eigenvalue weighted by Gasteiger charge is 2.13. The molecule has 0 spiro atoms. The smallest absolute Gasteiger partial charge is 0.168 e. The van der Waals surface area contributed by atoms with E-state index < -0.39 is 0 Å². The second-order valence-electron chi connectivity index (χ2n) is 4.04. The summed E-state index contributed by atoms with van der Waals surface area (Å²) in [6.45, 7) is 0. The number of Topliss-reactive ketones (excluding diaryl/α,β-unsaturated/α-hetero) is 1. The molecule has 0 aromatic heterocycles. The van der Waals surface area contributed by atoms with Crippen LogP contribution in [0.2, 0.25) is 0 Å². The Kier molecular flexibility index (Phi) is 4.77. The number of para-hydroxylation sites is 1. The summed E-state index contributed by atoms with van der Waals surface area (Å²) < 4.78 is 6.99. The number of benzene rings is 2. The van der Waals surface area contributed by atoms with Crippen LogP contribution in [0.4, 0.5) is 0 Å². The summed E-state index contributed by atoms with van der Waals surface area (Å²) in [6, 6.07) is 13.1. The number of ether oxygens (including phenoxy) is 1. The predicted octanol–water partition coefficient (Wildman–Crippen LogP) is 4.65. The lowest BCUT2D eigenvalue weighted by Gasteiger charge is -2.08. The molecule has 19 heavy (non-hydrogen) atoms. The van der Waals surface area contributed by atoms with Gasteiger partial charge in [0.25, 0.3) is 0 Å². The molecule has 2 nitrogen and oxygen atoms in total. The number of ketones is 1. The second kappa shape index (κ2) is 6.35. The van der Waals surface area contributed by atoms with Crippen molar-refractivity contribution >= 4 is 37.6 Å². The van der Waals surface area contributed by atoms with Gasteiger partial charge >= 0.3 is 0 Å². The van der Waals surface area contributed by atoms with Gasteiger partial charge in [0, 0.05) is 26.5 Å². The average Bonchev–Trinajstić information content (AvgIpc) is 2.39. The summed E-state index contributed by atoms with van der Waals surface area (Å²) in [6.07, 6.45) is 0.324. The molecule has 0 N–H and O–H groups in total. The van der Waals surface area contributed by atoms with Crippen molar-refractivity contribution in [2.75, 3.05) is 7.11 Å². The Morgan fingerprint density at radius 2 is 1.89 bits per heavy atom. The SMILES string of the molecule is COc1ccccc1CC(=O)c1ccc(Br)cc1Br. The molecule has 4 heteroatoms. The van der Waals surface area contributed by atoms with E-state index in [9.17, 15) is 4.79 Å². The Bertz CT molecular complexity index is 609. The molecule has 0 amide bonds. The third kappa shape index (κ3) is 3.45. The van der Waals surface area contributed by atoms with Gasteiger partial charge in [-0.25, -0.2) is 0 Å². The molecule has 0 bridgehead atoms. The molecule has 0 aliphatic carbocycles. The minimum Gasteiger partial charge on any atom is -0.496 e.